The third-order valence-corrected chi connectivity index (χ3v) is 4.05. The summed E-state index contributed by atoms with van der Waals surface area (Å²) < 4.78 is 13.2. The van der Waals surface area contributed by atoms with Crippen LogP contribution in [0.5, 0.6) is 0 Å². The van der Waals surface area contributed by atoms with Crippen LogP contribution >= 0.6 is 0 Å². The number of benzene rings is 2. The van der Waals surface area contributed by atoms with Gasteiger partial charge in [0.25, 0.3) is 5.56 Å². The lowest BCUT2D eigenvalue weighted by Crippen LogP contribution is -2.21. The summed E-state index contributed by atoms with van der Waals surface area (Å²) in [5.74, 6) is -0.251. The van der Waals surface area contributed by atoms with Gasteiger partial charge in [-0.3, -0.25) is 4.79 Å². The largest absolute Gasteiger partial charge is 0.321 e. The van der Waals surface area contributed by atoms with Gasteiger partial charge < -0.3 is 10.3 Å². The number of halogens is 1. The predicted molar refractivity (Wildman–Crippen MR) is 91.0 cm³/mol. The quantitative estimate of drug-likeness (QED) is 0.774. The summed E-state index contributed by atoms with van der Waals surface area (Å²) in [7, 11) is 0. The topological polar surface area (TPSA) is 44.9 Å². The van der Waals surface area contributed by atoms with Crippen LogP contribution in [-0.2, 0) is 13.1 Å². The van der Waals surface area contributed by atoms with Crippen LogP contribution in [0.3, 0.4) is 0 Å². The van der Waals surface area contributed by atoms with Gasteiger partial charge in [0.2, 0.25) is 0 Å². The van der Waals surface area contributed by atoms with Gasteiger partial charge in [0, 0.05) is 24.0 Å². The summed E-state index contributed by atoms with van der Waals surface area (Å²) in [6, 6.07) is 12.5. The van der Waals surface area contributed by atoms with E-state index in [4.69, 9.17) is 0 Å². The number of H-pyrrole nitrogens is 1. The van der Waals surface area contributed by atoms with Crippen molar-refractivity contribution < 1.29 is 4.39 Å². The summed E-state index contributed by atoms with van der Waals surface area (Å²) in [5, 5.41) is 4.26. The first kappa shape index (κ1) is 15.4. The monoisotopic (exact) mass is 310 g/mol. The maximum Gasteiger partial charge on any atom is 0.252 e. The van der Waals surface area contributed by atoms with Crippen molar-refractivity contribution in [1.82, 2.24) is 10.3 Å². The average molecular weight is 310 g/mol. The van der Waals surface area contributed by atoms with Gasteiger partial charge in [0.15, 0.2) is 0 Å². The van der Waals surface area contributed by atoms with Gasteiger partial charge in [-0.15, -0.1) is 0 Å². The Morgan fingerprint density at radius 2 is 1.83 bits per heavy atom. The normalized spacial score (nSPS) is 11.1. The number of aromatic amines is 1. The maximum atomic E-state index is 13.2. The molecule has 2 N–H and O–H groups in total. The first-order chi connectivity index (χ1) is 11.0. The van der Waals surface area contributed by atoms with Crippen molar-refractivity contribution >= 4 is 10.9 Å². The number of nitrogens with one attached hydrogen (secondary N) is 2. The number of aromatic nitrogens is 1. The molecule has 0 aliphatic rings. The van der Waals surface area contributed by atoms with Crippen LogP contribution in [0.25, 0.3) is 10.9 Å². The van der Waals surface area contributed by atoms with E-state index < -0.39 is 0 Å². The Balaban J connectivity index is 1.82. The number of rotatable bonds is 4. The van der Waals surface area contributed by atoms with E-state index in [-0.39, 0.29) is 11.4 Å². The van der Waals surface area contributed by atoms with E-state index >= 15 is 0 Å². The third-order valence-electron chi connectivity index (χ3n) is 4.05. The predicted octanol–water partition coefficient (Wildman–Crippen LogP) is 3.57. The molecule has 0 radical (unpaired) electrons. The van der Waals surface area contributed by atoms with Crippen LogP contribution in [0.15, 0.2) is 47.3 Å². The van der Waals surface area contributed by atoms with Crippen LogP contribution in [-0.4, -0.2) is 4.98 Å². The molecule has 3 nitrogen and oxygen atoms in total. The molecule has 23 heavy (non-hydrogen) atoms. The second-order valence-corrected chi connectivity index (χ2v) is 5.85. The fourth-order valence-corrected chi connectivity index (χ4v) is 2.74. The summed E-state index contributed by atoms with van der Waals surface area (Å²) in [5.41, 5.74) is 4.54. The van der Waals surface area contributed by atoms with E-state index in [0.29, 0.717) is 18.7 Å². The maximum absolute atomic E-state index is 13.2. The second kappa shape index (κ2) is 6.34. The molecule has 4 heteroatoms. The average Bonchev–Trinajstić information content (AvgIpc) is 2.52. The molecule has 0 spiro atoms. The number of pyridine rings is 1. The Labute approximate surface area is 134 Å². The van der Waals surface area contributed by atoms with Crippen LogP contribution < -0.4 is 10.9 Å². The van der Waals surface area contributed by atoms with Gasteiger partial charge in [-0.1, -0.05) is 24.3 Å². The molecule has 118 valence electrons. The molecule has 3 rings (SSSR count). The smallest absolute Gasteiger partial charge is 0.252 e. The molecule has 0 saturated heterocycles. The molecule has 1 heterocycles. The van der Waals surface area contributed by atoms with E-state index in [1.165, 1.54) is 12.1 Å². The first-order valence-electron chi connectivity index (χ1n) is 7.62. The zero-order chi connectivity index (χ0) is 16.4. The Hall–Kier alpha value is -2.46. The van der Waals surface area contributed by atoms with E-state index in [0.717, 1.165) is 27.6 Å². The highest BCUT2D eigenvalue weighted by Gasteiger charge is 2.07. The molecule has 0 unspecified atom stereocenters. The molecule has 0 amide bonds. The van der Waals surface area contributed by atoms with Crippen molar-refractivity contribution in [1.29, 1.82) is 0 Å². The molecule has 0 saturated carbocycles. The van der Waals surface area contributed by atoms with Crippen molar-refractivity contribution in [2.24, 2.45) is 0 Å². The molecule has 2 aromatic carbocycles. The minimum Gasteiger partial charge on any atom is -0.321 e. The molecule has 0 atom stereocenters. The first-order valence-corrected chi connectivity index (χ1v) is 7.62. The van der Waals surface area contributed by atoms with E-state index in [9.17, 15) is 9.18 Å². The van der Waals surface area contributed by atoms with Crippen molar-refractivity contribution in [3.8, 4) is 0 Å². The van der Waals surface area contributed by atoms with E-state index in [1.54, 1.807) is 6.07 Å². The molecular weight excluding hydrogens is 291 g/mol. The molecular formula is C19H19FN2O. The molecule has 3 aromatic rings. The van der Waals surface area contributed by atoms with Gasteiger partial charge in [-0.25, -0.2) is 4.39 Å². The molecule has 0 aliphatic heterocycles. The molecule has 1 aromatic heterocycles. The number of hydrogen-bond donors (Lipinski definition) is 2. The van der Waals surface area contributed by atoms with Gasteiger partial charge in [0.1, 0.15) is 5.82 Å². The Morgan fingerprint density at radius 3 is 2.61 bits per heavy atom. The van der Waals surface area contributed by atoms with Crippen LogP contribution in [0.2, 0.25) is 0 Å². The summed E-state index contributed by atoms with van der Waals surface area (Å²) in [6.45, 7) is 4.97. The molecule has 0 bridgehead atoms. The lowest BCUT2D eigenvalue weighted by molar-refractivity contribution is 0.620. The number of fused-ring (bicyclic) bond motifs is 1. The van der Waals surface area contributed by atoms with Gasteiger partial charge >= 0.3 is 0 Å². The van der Waals surface area contributed by atoms with Gasteiger partial charge in [0.05, 0.1) is 5.52 Å². The van der Waals surface area contributed by atoms with E-state index in [1.807, 2.05) is 32.0 Å². The summed E-state index contributed by atoms with van der Waals surface area (Å²) in [4.78, 5) is 15.2. The van der Waals surface area contributed by atoms with E-state index in [2.05, 4.69) is 16.4 Å². The van der Waals surface area contributed by atoms with Crippen molar-refractivity contribution in [3.63, 3.8) is 0 Å². The van der Waals surface area contributed by atoms with Crippen LogP contribution in [0, 0.1) is 19.7 Å². The lowest BCUT2D eigenvalue weighted by atomic mass is 10.0. The third kappa shape index (κ3) is 3.32. The fourth-order valence-electron chi connectivity index (χ4n) is 2.74. The molecule has 0 fully saturated rings. The highest BCUT2D eigenvalue weighted by Crippen LogP contribution is 2.19. The van der Waals surface area contributed by atoms with Crippen molar-refractivity contribution in [3.05, 3.63) is 80.9 Å². The fraction of sp³-hybridized carbons (Fsp3) is 0.211. The molecule has 0 aliphatic carbocycles. The Morgan fingerprint density at radius 1 is 1.04 bits per heavy atom. The Kier molecular flexibility index (Phi) is 4.26. The zero-order valence-electron chi connectivity index (χ0n) is 13.2. The van der Waals surface area contributed by atoms with Gasteiger partial charge in [-0.2, -0.15) is 0 Å². The summed E-state index contributed by atoms with van der Waals surface area (Å²) in [6.07, 6.45) is 0. The Bertz CT molecular complexity index is 915. The minimum absolute atomic E-state index is 0.0852. The SMILES string of the molecule is Cc1ccc(C)c2[nH]c(=O)c(CNCc3cccc(F)c3)cc12. The van der Waals surface area contributed by atoms with Crippen molar-refractivity contribution in [2.45, 2.75) is 26.9 Å². The van der Waals surface area contributed by atoms with Crippen LogP contribution in [0.4, 0.5) is 4.39 Å². The number of hydrogen-bond acceptors (Lipinski definition) is 2. The lowest BCUT2D eigenvalue weighted by Gasteiger charge is -2.09. The van der Waals surface area contributed by atoms with Gasteiger partial charge in [-0.05, 0) is 48.7 Å². The summed E-state index contributed by atoms with van der Waals surface area (Å²) >= 11 is 0. The zero-order valence-corrected chi connectivity index (χ0v) is 13.2. The highest BCUT2D eigenvalue weighted by molar-refractivity contribution is 5.85. The minimum atomic E-state index is -0.251. The highest BCUT2D eigenvalue weighted by atomic mass is 19.1. The van der Waals surface area contributed by atoms with Crippen LogP contribution in [0.1, 0.15) is 22.3 Å². The second-order valence-electron chi connectivity index (χ2n) is 5.85. The standard InChI is InChI=1S/C19H19FN2O/c1-12-6-7-13(2)18-17(12)9-15(19(23)22-18)11-21-10-14-4-3-5-16(20)8-14/h3-9,21H,10-11H2,1-2H3,(H,22,23). The number of aryl methyl sites for hydroxylation is 2. The van der Waals surface area contributed by atoms with Crippen molar-refractivity contribution in [2.75, 3.05) is 0 Å².